The summed E-state index contributed by atoms with van der Waals surface area (Å²) >= 11 is 0. The molecule has 0 bridgehead atoms. The van der Waals surface area contributed by atoms with Crippen molar-refractivity contribution in [1.29, 1.82) is 0 Å². The van der Waals surface area contributed by atoms with Gasteiger partial charge in [0.05, 0.1) is 19.1 Å². The third-order valence-electron chi connectivity index (χ3n) is 5.40. The molecule has 1 atom stereocenters. The van der Waals surface area contributed by atoms with Crippen LogP contribution in [0.1, 0.15) is 37.0 Å². The molecule has 0 unspecified atom stereocenters. The van der Waals surface area contributed by atoms with Crippen molar-refractivity contribution in [3.8, 4) is 5.75 Å². The number of rotatable bonds is 11. The minimum absolute atomic E-state index is 0.135. The number of hydrogen-bond donors (Lipinski definition) is 1. The molecular formula is C25H35N3O5S. The number of aryl methyl sites for hydroxylation is 2. The van der Waals surface area contributed by atoms with Crippen LogP contribution in [0.5, 0.6) is 5.75 Å². The van der Waals surface area contributed by atoms with Crippen molar-refractivity contribution >= 4 is 27.5 Å². The van der Waals surface area contributed by atoms with Gasteiger partial charge in [0.2, 0.25) is 21.8 Å². The standard InChI is InChI=1S/C25H35N3O5S/c1-7-23(25(30)26-8-2)27(16-20-10-9-11-22(15-20)33-5)24(29)17-28(34(6,31)32)21-13-18(3)12-19(4)14-21/h9-15,23H,7-8,16-17H2,1-6H3,(H,26,30)/t23-/m0/s1. The van der Waals surface area contributed by atoms with Gasteiger partial charge in [-0.3, -0.25) is 13.9 Å². The Hall–Kier alpha value is -3.07. The van der Waals surface area contributed by atoms with E-state index in [1.807, 2.05) is 45.9 Å². The Balaban J connectivity index is 2.47. The van der Waals surface area contributed by atoms with Crippen molar-refractivity contribution < 1.29 is 22.7 Å². The van der Waals surface area contributed by atoms with Crippen molar-refractivity contribution in [2.24, 2.45) is 0 Å². The van der Waals surface area contributed by atoms with Crippen molar-refractivity contribution in [3.63, 3.8) is 0 Å². The number of carbonyl (C=O) groups is 2. The van der Waals surface area contributed by atoms with Gasteiger partial charge < -0.3 is 15.0 Å². The molecule has 8 nitrogen and oxygen atoms in total. The molecule has 0 spiro atoms. The van der Waals surface area contributed by atoms with E-state index in [0.717, 1.165) is 27.3 Å². The Morgan fingerprint density at radius 1 is 1.06 bits per heavy atom. The fraction of sp³-hybridized carbons (Fsp3) is 0.440. The Bertz CT molecular complexity index is 1100. The Morgan fingerprint density at radius 2 is 1.71 bits per heavy atom. The molecule has 0 aliphatic heterocycles. The Kier molecular flexibility index (Phi) is 9.49. The molecule has 186 valence electrons. The fourth-order valence-electron chi connectivity index (χ4n) is 3.89. The summed E-state index contributed by atoms with van der Waals surface area (Å²) in [5.74, 6) is -0.118. The SMILES string of the molecule is CCNC(=O)[C@H](CC)N(Cc1cccc(OC)c1)C(=O)CN(c1cc(C)cc(C)c1)S(C)(=O)=O. The number of nitrogens with one attached hydrogen (secondary N) is 1. The molecule has 0 heterocycles. The lowest BCUT2D eigenvalue weighted by molar-refractivity contribution is -0.140. The van der Waals surface area contributed by atoms with E-state index >= 15 is 0 Å². The number of hydrogen-bond acceptors (Lipinski definition) is 5. The molecule has 2 aromatic rings. The maximum absolute atomic E-state index is 13.6. The van der Waals surface area contributed by atoms with Gasteiger partial charge in [-0.1, -0.05) is 25.1 Å². The molecule has 0 fully saturated rings. The first kappa shape index (κ1) is 27.2. The van der Waals surface area contributed by atoms with Gasteiger partial charge >= 0.3 is 0 Å². The van der Waals surface area contributed by atoms with Crippen LogP contribution >= 0.6 is 0 Å². The van der Waals surface area contributed by atoms with Crippen molar-refractivity contribution in [2.45, 2.75) is 46.7 Å². The lowest BCUT2D eigenvalue weighted by Crippen LogP contribution is -2.52. The summed E-state index contributed by atoms with van der Waals surface area (Å²) in [7, 11) is -2.21. The van der Waals surface area contributed by atoms with Crippen LogP contribution in [0, 0.1) is 13.8 Å². The third-order valence-corrected chi connectivity index (χ3v) is 6.54. The maximum Gasteiger partial charge on any atom is 0.244 e. The maximum atomic E-state index is 13.6. The van der Waals surface area contributed by atoms with E-state index in [9.17, 15) is 18.0 Å². The zero-order valence-electron chi connectivity index (χ0n) is 20.8. The quantitative estimate of drug-likeness (QED) is 0.523. The van der Waals surface area contributed by atoms with Crippen LogP contribution in [0.25, 0.3) is 0 Å². The highest BCUT2D eigenvalue weighted by Gasteiger charge is 2.31. The Labute approximate surface area is 202 Å². The van der Waals surface area contributed by atoms with Gasteiger partial charge in [0, 0.05) is 13.1 Å². The molecule has 0 radical (unpaired) electrons. The number of sulfonamides is 1. The van der Waals surface area contributed by atoms with Gasteiger partial charge in [-0.05, 0) is 68.1 Å². The van der Waals surface area contributed by atoms with Crippen LogP contribution in [-0.2, 0) is 26.2 Å². The minimum Gasteiger partial charge on any atom is -0.497 e. The number of amides is 2. The van der Waals surface area contributed by atoms with Gasteiger partial charge in [-0.2, -0.15) is 0 Å². The van der Waals surface area contributed by atoms with Crippen molar-refractivity contribution in [3.05, 3.63) is 59.2 Å². The molecule has 2 aromatic carbocycles. The molecule has 34 heavy (non-hydrogen) atoms. The monoisotopic (exact) mass is 489 g/mol. The van der Waals surface area contributed by atoms with E-state index in [4.69, 9.17) is 4.74 Å². The van der Waals surface area contributed by atoms with E-state index in [0.29, 0.717) is 24.4 Å². The molecular weight excluding hydrogens is 454 g/mol. The van der Waals surface area contributed by atoms with E-state index < -0.39 is 28.5 Å². The van der Waals surface area contributed by atoms with E-state index in [1.165, 1.54) is 4.90 Å². The number of benzene rings is 2. The van der Waals surface area contributed by atoms with Crippen LogP contribution in [0.15, 0.2) is 42.5 Å². The smallest absolute Gasteiger partial charge is 0.244 e. The first-order valence-electron chi connectivity index (χ1n) is 11.3. The fourth-order valence-corrected chi connectivity index (χ4v) is 4.72. The topological polar surface area (TPSA) is 96.0 Å². The molecule has 2 rings (SSSR count). The van der Waals surface area contributed by atoms with Crippen LogP contribution in [-0.4, -0.2) is 57.6 Å². The highest BCUT2D eigenvalue weighted by molar-refractivity contribution is 7.92. The number of anilines is 1. The molecule has 0 saturated heterocycles. The second kappa shape index (κ2) is 11.9. The zero-order valence-corrected chi connectivity index (χ0v) is 21.6. The summed E-state index contributed by atoms with van der Waals surface area (Å²) in [6.07, 6.45) is 1.45. The van der Waals surface area contributed by atoms with Gasteiger partial charge in [-0.25, -0.2) is 8.42 Å². The number of nitrogens with zero attached hydrogens (tertiary/aromatic N) is 2. The Morgan fingerprint density at radius 3 is 2.24 bits per heavy atom. The average molecular weight is 490 g/mol. The molecule has 0 aliphatic carbocycles. The summed E-state index contributed by atoms with van der Waals surface area (Å²) < 4.78 is 31.8. The predicted octanol–water partition coefficient (Wildman–Crippen LogP) is 3.02. The number of likely N-dealkylation sites (N-methyl/N-ethyl adjacent to an activating group) is 1. The van der Waals surface area contributed by atoms with E-state index in [-0.39, 0.29) is 12.5 Å². The average Bonchev–Trinajstić information content (AvgIpc) is 2.76. The van der Waals surface area contributed by atoms with E-state index in [1.54, 1.807) is 31.4 Å². The summed E-state index contributed by atoms with van der Waals surface area (Å²) in [5.41, 5.74) is 2.96. The summed E-state index contributed by atoms with van der Waals surface area (Å²) in [5, 5.41) is 2.78. The predicted molar refractivity (Wildman–Crippen MR) is 134 cm³/mol. The number of ether oxygens (including phenoxy) is 1. The largest absolute Gasteiger partial charge is 0.497 e. The van der Waals surface area contributed by atoms with Gasteiger partial charge in [0.15, 0.2) is 0 Å². The van der Waals surface area contributed by atoms with Crippen LogP contribution < -0.4 is 14.4 Å². The lowest BCUT2D eigenvalue weighted by Gasteiger charge is -2.33. The summed E-state index contributed by atoms with van der Waals surface area (Å²) in [6, 6.07) is 11.9. The highest BCUT2D eigenvalue weighted by atomic mass is 32.2. The van der Waals surface area contributed by atoms with Gasteiger partial charge in [0.1, 0.15) is 18.3 Å². The molecule has 2 amide bonds. The first-order chi connectivity index (χ1) is 16.0. The second-order valence-corrected chi connectivity index (χ2v) is 10.2. The van der Waals surface area contributed by atoms with Crippen LogP contribution in [0.3, 0.4) is 0 Å². The minimum atomic E-state index is -3.76. The van der Waals surface area contributed by atoms with Crippen molar-refractivity contribution in [2.75, 3.05) is 30.8 Å². The molecule has 0 aliphatic rings. The first-order valence-corrected chi connectivity index (χ1v) is 13.1. The zero-order chi connectivity index (χ0) is 25.5. The van der Waals surface area contributed by atoms with Gasteiger partial charge in [0.25, 0.3) is 0 Å². The highest BCUT2D eigenvalue weighted by Crippen LogP contribution is 2.23. The normalized spacial score (nSPS) is 12.1. The van der Waals surface area contributed by atoms with Crippen LogP contribution in [0.4, 0.5) is 5.69 Å². The number of methoxy groups -OCH3 is 1. The summed E-state index contributed by atoms with van der Waals surface area (Å²) in [6.45, 7) is 7.52. The van der Waals surface area contributed by atoms with Crippen molar-refractivity contribution in [1.82, 2.24) is 10.2 Å². The molecule has 0 saturated carbocycles. The molecule has 1 N–H and O–H groups in total. The number of carbonyl (C=O) groups excluding carboxylic acids is 2. The molecule has 0 aromatic heterocycles. The molecule has 9 heteroatoms. The van der Waals surface area contributed by atoms with Gasteiger partial charge in [-0.15, -0.1) is 0 Å². The van der Waals surface area contributed by atoms with E-state index in [2.05, 4.69) is 5.32 Å². The summed E-state index contributed by atoms with van der Waals surface area (Å²) in [4.78, 5) is 27.9. The second-order valence-electron chi connectivity index (χ2n) is 8.31. The van der Waals surface area contributed by atoms with Crippen LogP contribution in [0.2, 0.25) is 0 Å². The third kappa shape index (κ3) is 7.21. The lowest BCUT2D eigenvalue weighted by atomic mass is 10.1.